The maximum atomic E-state index is 12.7. The Morgan fingerprint density at radius 3 is 2.50 bits per heavy atom. The zero-order valence-corrected chi connectivity index (χ0v) is 20.6. The van der Waals surface area contributed by atoms with E-state index >= 15 is 0 Å². The summed E-state index contributed by atoms with van der Waals surface area (Å²) in [5, 5.41) is 18.7. The molecule has 0 bridgehead atoms. The number of sulfone groups is 1. The number of aromatic nitrogens is 1. The summed E-state index contributed by atoms with van der Waals surface area (Å²) in [6.45, 7) is 7.28. The van der Waals surface area contributed by atoms with Crippen LogP contribution in [0.5, 0.6) is 0 Å². The fourth-order valence-electron chi connectivity index (χ4n) is 3.98. The molecule has 0 spiro atoms. The third-order valence-electron chi connectivity index (χ3n) is 6.10. The van der Waals surface area contributed by atoms with Crippen molar-refractivity contribution in [3.05, 3.63) is 23.5 Å². The van der Waals surface area contributed by atoms with E-state index in [0.29, 0.717) is 17.8 Å². The molecule has 3 rings (SSSR count). The number of hydrogen-bond acceptors (Lipinski definition) is 7. The van der Waals surface area contributed by atoms with Gasteiger partial charge in [0, 0.05) is 55.8 Å². The van der Waals surface area contributed by atoms with Crippen molar-refractivity contribution in [2.24, 2.45) is 5.92 Å². The highest BCUT2D eigenvalue weighted by Gasteiger charge is 2.44. The molecule has 1 atom stereocenters. The van der Waals surface area contributed by atoms with Gasteiger partial charge in [-0.1, -0.05) is 11.8 Å². The molecule has 1 saturated heterocycles. The van der Waals surface area contributed by atoms with Gasteiger partial charge in [0.25, 0.3) is 5.91 Å². The largest absolute Gasteiger partial charge is 0.389 e. The Bertz CT molecular complexity index is 1200. The topological polar surface area (TPSA) is 132 Å². The van der Waals surface area contributed by atoms with Gasteiger partial charge in [0.2, 0.25) is 0 Å². The third kappa shape index (κ3) is 5.62. The minimum absolute atomic E-state index is 0.0237. The molecule has 34 heavy (non-hydrogen) atoms. The number of likely N-dealkylation sites (tertiary alicyclic amines) is 1. The number of β-amino-alcohol motifs (C(OH)–C–C–N with tert-alkyl or cyclic N) is 1. The van der Waals surface area contributed by atoms with Crippen LogP contribution in [0.4, 0.5) is 4.79 Å². The molecule has 2 amide bonds. The normalized spacial score (nSPS) is 18.2. The number of nitrogens with zero attached hydrogens (tertiary/aromatic N) is 3. The lowest BCUT2D eigenvalue weighted by Gasteiger charge is -2.39. The summed E-state index contributed by atoms with van der Waals surface area (Å²) < 4.78 is 23.8. The smallest absolute Gasteiger partial charge is 0.328 e. The van der Waals surface area contributed by atoms with Crippen LogP contribution >= 0.6 is 0 Å². The highest BCUT2D eigenvalue weighted by molar-refractivity contribution is 7.92. The van der Waals surface area contributed by atoms with Gasteiger partial charge in [-0.25, -0.2) is 18.7 Å². The molecule has 2 aliphatic heterocycles. The van der Waals surface area contributed by atoms with E-state index in [9.17, 15) is 23.1 Å². The van der Waals surface area contributed by atoms with Gasteiger partial charge in [-0.3, -0.25) is 19.5 Å². The number of hydroxylamine groups is 1. The van der Waals surface area contributed by atoms with Crippen molar-refractivity contribution >= 4 is 21.8 Å². The number of nitrogens with one attached hydrogen (secondary N) is 1. The standard InChI is InChI=1S/C23H30N4O6S/c1-22(2,30)16-25-12-18(13-25)8-6-5-7-17-11-19-15-26(21(29)27(19)14-17)10-9-23(3,20(28)24-31)34(4,32)33/h11,14,18,30-31H,9-10,12-13,15-16H2,1-4H3,(H,24,28)/t23-/m1/s1. The highest BCUT2D eigenvalue weighted by Crippen LogP contribution is 2.25. The molecule has 0 unspecified atom stereocenters. The van der Waals surface area contributed by atoms with E-state index in [2.05, 4.69) is 28.6 Å². The molecule has 3 heterocycles. The van der Waals surface area contributed by atoms with Crippen LogP contribution in [0.2, 0.25) is 0 Å². The lowest BCUT2D eigenvalue weighted by Crippen LogP contribution is -2.51. The quantitative estimate of drug-likeness (QED) is 0.279. The van der Waals surface area contributed by atoms with Gasteiger partial charge in [-0.05, 0) is 45.1 Å². The molecule has 1 fully saturated rings. The summed E-state index contributed by atoms with van der Waals surface area (Å²) in [6, 6.07) is 1.44. The first kappa shape index (κ1) is 25.8. The minimum Gasteiger partial charge on any atom is -0.389 e. The molecule has 184 valence electrons. The molecule has 2 aliphatic rings. The molecule has 0 radical (unpaired) electrons. The number of fused-ring (bicyclic) bond motifs is 1. The Morgan fingerprint density at radius 2 is 1.94 bits per heavy atom. The zero-order valence-electron chi connectivity index (χ0n) is 19.8. The van der Waals surface area contributed by atoms with Gasteiger partial charge >= 0.3 is 6.03 Å². The number of amides is 2. The number of carbonyl (C=O) groups is 2. The Morgan fingerprint density at radius 1 is 1.26 bits per heavy atom. The molecule has 0 aromatic carbocycles. The maximum Gasteiger partial charge on any atom is 0.328 e. The predicted octanol–water partition coefficient (Wildman–Crippen LogP) is 0.0282. The second-order valence-corrected chi connectivity index (χ2v) is 12.2. The van der Waals surface area contributed by atoms with Crippen molar-refractivity contribution in [3.63, 3.8) is 0 Å². The van der Waals surface area contributed by atoms with Gasteiger partial charge < -0.3 is 10.0 Å². The van der Waals surface area contributed by atoms with Gasteiger partial charge in [0.05, 0.1) is 12.1 Å². The van der Waals surface area contributed by atoms with Crippen molar-refractivity contribution in [1.29, 1.82) is 0 Å². The van der Waals surface area contributed by atoms with E-state index < -0.39 is 26.1 Å². The SMILES string of the molecule is CC(C)(O)CN1CC(C#CC#Cc2cc3n(c2)C(=O)N(CC[C@](C)(C(=O)NO)S(C)(=O)=O)C3)C1. The van der Waals surface area contributed by atoms with Crippen molar-refractivity contribution in [2.45, 2.75) is 44.1 Å². The van der Waals surface area contributed by atoms with Crippen molar-refractivity contribution in [3.8, 4) is 23.7 Å². The first-order valence-electron chi connectivity index (χ1n) is 10.8. The summed E-state index contributed by atoms with van der Waals surface area (Å²) in [6.07, 6.45) is 2.37. The van der Waals surface area contributed by atoms with Crippen molar-refractivity contribution < 1.29 is 28.3 Å². The fourth-order valence-corrected chi connectivity index (χ4v) is 4.82. The van der Waals surface area contributed by atoms with E-state index in [0.717, 1.165) is 19.3 Å². The molecule has 0 saturated carbocycles. The highest BCUT2D eigenvalue weighted by atomic mass is 32.2. The Kier molecular flexibility index (Phi) is 7.15. The second-order valence-electron chi connectivity index (χ2n) is 9.71. The number of carbonyl (C=O) groups excluding carboxylic acids is 2. The lowest BCUT2D eigenvalue weighted by atomic mass is 9.98. The summed E-state index contributed by atoms with van der Waals surface area (Å²) in [7, 11) is -3.84. The van der Waals surface area contributed by atoms with Crippen molar-refractivity contribution in [1.82, 2.24) is 19.8 Å². The van der Waals surface area contributed by atoms with Crippen LogP contribution in [0.25, 0.3) is 0 Å². The molecular weight excluding hydrogens is 460 g/mol. The summed E-state index contributed by atoms with van der Waals surface area (Å²) in [5.74, 6) is 10.9. The van der Waals surface area contributed by atoms with E-state index in [1.807, 2.05) is 0 Å². The molecule has 10 nitrogen and oxygen atoms in total. The molecule has 1 aromatic rings. The van der Waals surface area contributed by atoms with E-state index in [4.69, 9.17) is 5.21 Å². The van der Waals surface area contributed by atoms with Crippen LogP contribution in [-0.4, -0.2) is 87.8 Å². The second kappa shape index (κ2) is 9.43. The number of hydrogen-bond donors (Lipinski definition) is 3. The summed E-state index contributed by atoms with van der Waals surface area (Å²) in [5.41, 5.74) is 2.04. The summed E-state index contributed by atoms with van der Waals surface area (Å²) in [4.78, 5) is 28.2. The van der Waals surface area contributed by atoms with E-state index in [1.165, 1.54) is 21.9 Å². The summed E-state index contributed by atoms with van der Waals surface area (Å²) >= 11 is 0. The first-order chi connectivity index (χ1) is 15.7. The average molecular weight is 491 g/mol. The molecule has 0 aliphatic carbocycles. The van der Waals surface area contributed by atoms with Crippen LogP contribution in [0.1, 0.15) is 38.4 Å². The maximum absolute atomic E-state index is 12.7. The van der Waals surface area contributed by atoms with Crippen LogP contribution in [0, 0.1) is 29.6 Å². The molecular formula is C23H30N4O6S. The van der Waals surface area contributed by atoms with Gasteiger partial charge in [-0.15, -0.1) is 0 Å². The molecule has 3 N–H and O–H groups in total. The third-order valence-corrected chi connectivity index (χ3v) is 8.13. The monoisotopic (exact) mass is 490 g/mol. The molecule has 1 aromatic heterocycles. The minimum atomic E-state index is -3.84. The number of aliphatic hydroxyl groups is 1. The van der Waals surface area contributed by atoms with Gasteiger partial charge in [0.15, 0.2) is 14.6 Å². The van der Waals surface area contributed by atoms with Gasteiger partial charge in [-0.2, -0.15) is 0 Å². The Labute approximate surface area is 199 Å². The molecule has 11 heteroatoms. The Balaban J connectivity index is 1.56. The van der Waals surface area contributed by atoms with E-state index in [-0.39, 0.29) is 31.5 Å². The van der Waals surface area contributed by atoms with Crippen LogP contribution in [0.3, 0.4) is 0 Å². The predicted molar refractivity (Wildman–Crippen MR) is 124 cm³/mol. The average Bonchev–Trinajstić information content (AvgIpc) is 3.23. The van der Waals surface area contributed by atoms with E-state index in [1.54, 1.807) is 26.1 Å². The van der Waals surface area contributed by atoms with Crippen LogP contribution in [-0.2, 0) is 21.2 Å². The lowest BCUT2D eigenvalue weighted by molar-refractivity contribution is -0.131. The number of rotatable bonds is 7. The Hall–Kier alpha value is -2.83. The van der Waals surface area contributed by atoms with Crippen molar-refractivity contribution in [2.75, 3.05) is 32.4 Å². The zero-order chi connectivity index (χ0) is 25.3. The van der Waals surface area contributed by atoms with Crippen LogP contribution < -0.4 is 5.48 Å². The van der Waals surface area contributed by atoms with Gasteiger partial charge in [0.1, 0.15) is 0 Å². The van der Waals surface area contributed by atoms with Crippen LogP contribution in [0.15, 0.2) is 12.3 Å². The fraction of sp³-hybridized carbons (Fsp3) is 0.565. The first-order valence-corrected chi connectivity index (χ1v) is 12.7.